The van der Waals surface area contributed by atoms with E-state index in [1.54, 1.807) is 6.20 Å². The van der Waals surface area contributed by atoms with Crippen LogP contribution in [0.1, 0.15) is 51.5 Å². The number of nitrogen functional groups attached to an aromatic ring is 1. The Labute approximate surface area is 104 Å². The molecule has 1 aromatic rings. The Morgan fingerprint density at radius 3 is 2.82 bits per heavy atom. The molecule has 0 aromatic carbocycles. The Balaban J connectivity index is 2.39. The Bertz CT molecular complexity index is 341. The van der Waals surface area contributed by atoms with Crippen LogP contribution in [0.15, 0.2) is 6.20 Å². The lowest BCUT2D eigenvalue weighted by Gasteiger charge is -2.15. The number of nitrogens with two attached hydrogens (primary N) is 1. The maximum Gasteiger partial charge on any atom is 0.223 e. The minimum absolute atomic E-state index is 0.180. The van der Waals surface area contributed by atoms with E-state index in [0.717, 1.165) is 12.0 Å². The van der Waals surface area contributed by atoms with Crippen molar-refractivity contribution in [3.8, 4) is 5.88 Å². The van der Waals surface area contributed by atoms with Gasteiger partial charge in [-0.05, 0) is 26.7 Å². The van der Waals surface area contributed by atoms with Crippen molar-refractivity contribution in [3.63, 3.8) is 0 Å². The van der Waals surface area contributed by atoms with E-state index in [1.807, 2.05) is 6.92 Å². The summed E-state index contributed by atoms with van der Waals surface area (Å²) in [6, 6.07) is 0. The smallest absolute Gasteiger partial charge is 0.223 e. The van der Waals surface area contributed by atoms with Crippen molar-refractivity contribution in [2.45, 2.75) is 59.0 Å². The fourth-order valence-corrected chi connectivity index (χ4v) is 1.67. The Hall–Kier alpha value is -1.32. The standard InChI is InChI=1S/C13H23N3O/c1-4-5-6-7-8-11(3)17-12-10(2)9-15-13(14)16-12/h9,11H,4-8H2,1-3H3,(H2,14,15,16). The molecule has 0 amide bonds. The van der Waals surface area contributed by atoms with E-state index in [1.165, 1.54) is 25.7 Å². The molecule has 4 nitrogen and oxygen atoms in total. The van der Waals surface area contributed by atoms with Gasteiger partial charge in [-0.1, -0.05) is 26.2 Å². The molecule has 1 heterocycles. The van der Waals surface area contributed by atoms with Gasteiger partial charge in [-0.2, -0.15) is 4.98 Å². The summed E-state index contributed by atoms with van der Waals surface area (Å²) in [6.45, 7) is 6.22. The van der Waals surface area contributed by atoms with E-state index >= 15 is 0 Å². The van der Waals surface area contributed by atoms with Crippen LogP contribution in [0, 0.1) is 6.92 Å². The van der Waals surface area contributed by atoms with E-state index in [4.69, 9.17) is 10.5 Å². The summed E-state index contributed by atoms with van der Waals surface area (Å²) < 4.78 is 5.78. The van der Waals surface area contributed by atoms with Crippen LogP contribution in [-0.2, 0) is 0 Å². The molecule has 0 saturated heterocycles. The number of aryl methyl sites for hydroxylation is 1. The molecule has 4 heteroatoms. The van der Waals surface area contributed by atoms with E-state index in [2.05, 4.69) is 23.8 Å². The van der Waals surface area contributed by atoms with Crippen molar-refractivity contribution in [3.05, 3.63) is 11.8 Å². The largest absolute Gasteiger partial charge is 0.474 e. The molecule has 2 N–H and O–H groups in total. The fourth-order valence-electron chi connectivity index (χ4n) is 1.67. The van der Waals surface area contributed by atoms with Gasteiger partial charge in [-0.3, -0.25) is 0 Å². The zero-order valence-corrected chi connectivity index (χ0v) is 11.1. The topological polar surface area (TPSA) is 61.0 Å². The Morgan fingerprint density at radius 2 is 2.12 bits per heavy atom. The Kier molecular flexibility index (Phi) is 5.73. The Morgan fingerprint density at radius 1 is 1.35 bits per heavy atom. The SMILES string of the molecule is CCCCCCC(C)Oc1nc(N)ncc1C. The highest BCUT2D eigenvalue weighted by Crippen LogP contribution is 2.17. The van der Waals surface area contributed by atoms with Crippen LogP contribution in [0.3, 0.4) is 0 Å². The lowest BCUT2D eigenvalue weighted by atomic mass is 10.1. The monoisotopic (exact) mass is 237 g/mol. The van der Waals surface area contributed by atoms with Gasteiger partial charge in [0, 0.05) is 11.8 Å². The molecule has 96 valence electrons. The highest BCUT2D eigenvalue weighted by Gasteiger charge is 2.08. The molecule has 0 bridgehead atoms. The lowest BCUT2D eigenvalue weighted by molar-refractivity contribution is 0.196. The maximum atomic E-state index is 5.78. The maximum absolute atomic E-state index is 5.78. The molecule has 1 aromatic heterocycles. The van der Waals surface area contributed by atoms with Crippen molar-refractivity contribution >= 4 is 5.95 Å². The molecule has 1 rings (SSSR count). The van der Waals surface area contributed by atoms with Gasteiger partial charge in [0.25, 0.3) is 0 Å². The van der Waals surface area contributed by atoms with Crippen molar-refractivity contribution in [1.29, 1.82) is 0 Å². The number of hydrogen-bond acceptors (Lipinski definition) is 4. The van der Waals surface area contributed by atoms with Gasteiger partial charge in [0.1, 0.15) is 0 Å². The molecule has 0 fully saturated rings. The van der Waals surface area contributed by atoms with E-state index in [-0.39, 0.29) is 12.1 Å². The molecular weight excluding hydrogens is 214 g/mol. The van der Waals surface area contributed by atoms with Crippen LogP contribution < -0.4 is 10.5 Å². The summed E-state index contributed by atoms with van der Waals surface area (Å²) in [6.07, 6.45) is 7.97. The van der Waals surface area contributed by atoms with E-state index in [0.29, 0.717) is 5.88 Å². The number of hydrogen-bond donors (Lipinski definition) is 1. The first kappa shape index (κ1) is 13.7. The van der Waals surface area contributed by atoms with Gasteiger partial charge in [-0.25, -0.2) is 4.98 Å². The van der Waals surface area contributed by atoms with Crippen LogP contribution in [0.2, 0.25) is 0 Å². The van der Waals surface area contributed by atoms with Crippen molar-refractivity contribution in [2.24, 2.45) is 0 Å². The average molecular weight is 237 g/mol. The average Bonchev–Trinajstić information content (AvgIpc) is 2.29. The van der Waals surface area contributed by atoms with Crippen LogP contribution in [-0.4, -0.2) is 16.1 Å². The molecular formula is C13H23N3O. The van der Waals surface area contributed by atoms with Crippen LogP contribution in [0.4, 0.5) is 5.95 Å². The van der Waals surface area contributed by atoms with Crippen molar-refractivity contribution < 1.29 is 4.74 Å². The van der Waals surface area contributed by atoms with Gasteiger partial charge in [0.2, 0.25) is 11.8 Å². The number of aromatic nitrogens is 2. The number of rotatable bonds is 7. The zero-order valence-electron chi connectivity index (χ0n) is 11.1. The highest BCUT2D eigenvalue weighted by molar-refractivity contribution is 5.28. The summed E-state index contributed by atoms with van der Waals surface area (Å²) in [5.41, 5.74) is 6.47. The summed E-state index contributed by atoms with van der Waals surface area (Å²) in [4.78, 5) is 8.02. The molecule has 0 radical (unpaired) electrons. The molecule has 0 aliphatic heterocycles. The first-order chi connectivity index (χ1) is 8.13. The molecule has 0 aliphatic rings. The van der Waals surface area contributed by atoms with Crippen LogP contribution in [0.25, 0.3) is 0 Å². The number of ether oxygens (including phenoxy) is 1. The zero-order chi connectivity index (χ0) is 12.7. The summed E-state index contributed by atoms with van der Waals surface area (Å²) in [5.74, 6) is 0.879. The summed E-state index contributed by atoms with van der Waals surface area (Å²) in [7, 11) is 0. The second-order valence-corrected chi connectivity index (χ2v) is 4.49. The minimum Gasteiger partial charge on any atom is -0.474 e. The van der Waals surface area contributed by atoms with Gasteiger partial charge in [0.15, 0.2) is 0 Å². The first-order valence-electron chi connectivity index (χ1n) is 6.39. The number of nitrogens with zero attached hydrogens (tertiary/aromatic N) is 2. The number of anilines is 1. The van der Waals surface area contributed by atoms with Gasteiger partial charge in [0.05, 0.1) is 6.10 Å². The van der Waals surface area contributed by atoms with Crippen molar-refractivity contribution in [2.75, 3.05) is 5.73 Å². The second kappa shape index (κ2) is 7.09. The second-order valence-electron chi connectivity index (χ2n) is 4.49. The van der Waals surface area contributed by atoms with E-state index in [9.17, 15) is 0 Å². The molecule has 0 aliphatic carbocycles. The third-order valence-electron chi connectivity index (χ3n) is 2.72. The third-order valence-corrected chi connectivity index (χ3v) is 2.72. The predicted octanol–water partition coefficient (Wildman–Crippen LogP) is 3.10. The summed E-state index contributed by atoms with van der Waals surface area (Å²) >= 11 is 0. The molecule has 17 heavy (non-hydrogen) atoms. The summed E-state index contributed by atoms with van der Waals surface area (Å²) in [5, 5.41) is 0. The van der Waals surface area contributed by atoms with Crippen LogP contribution in [0.5, 0.6) is 5.88 Å². The lowest BCUT2D eigenvalue weighted by Crippen LogP contribution is -2.14. The molecule has 0 spiro atoms. The highest BCUT2D eigenvalue weighted by atomic mass is 16.5. The van der Waals surface area contributed by atoms with Crippen LogP contribution >= 0.6 is 0 Å². The van der Waals surface area contributed by atoms with Gasteiger partial charge in [-0.15, -0.1) is 0 Å². The van der Waals surface area contributed by atoms with Gasteiger partial charge < -0.3 is 10.5 Å². The van der Waals surface area contributed by atoms with E-state index < -0.39 is 0 Å². The first-order valence-corrected chi connectivity index (χ1v) is 6.39. The quantitative estimate of drug-likeness (QED) is 0.740. The predicted molar refractivity (Wildman–Crippen MR) is 70.0 cm³/mol. The van der Waals surface area contributed by atoms with Crippen molar-refractivity contribution in [1.82, 2.24) is 9.97 Å². The number of unbranched alkanes of at least 4 members (excludes halogenated alkanes) is 3. The molecule has 1 unspecified atom stereocenters. The van der Waals surface area contributed by atoms with Gasteiger partial charge >= 0.3 is 0 Å². The third kappa shape index (κ3) is 5.02. The minimum atomic E-state index is 0.180. The molecule has 1 atom stereocenters. The fraction of sp³-hybridized carbons (Fsp3) is 0.692. The normalized spacial score (nSPS) is 12.4. The molecule has 0 saturated carbocycles.